The molecule has 0 aromatic rings. The first kappa shape index (κ1) is 16.8. The summed E-state index contributed by atoms with van der Waals surface area (Å²) >= 11 is 0. The van der Waals surface area contributed by atoms with Gasteiger partial charge >= 0.3 is 12.0 Å². The van der Waals surface area contributed by atoms with Gasteiger partial charge in [0.05, 0.1) is 5.41 Å². The molecule has 1 rings (SSSR count). The van der Waals surface area contributed by atoms with E-state index in [9.17, 15) is 14.7 Å². The molecule has 0 bridgehead atoms. The van der Waals surface area contributed by atoms with Gasteiger partial charge in [-0.25, -0.2) is 4.79 Å². The molecule has 1 unspecified atom stereocenters. The molecule has 116 valence electrons. The van der Waals surface area contributed by atoms with Crippen LogP contribution in [0.5, 0.6) is 0 Å². The first-order valence-corrected chi connectivity index (χ1v) is 7.39. The van der Waals surface area contributed by atoms with E-state index in [0.29, 0.717) is 12.5 Å². The Morgan fingerprint density at radius 2 is 2.00 bits per heavy atom. The zero-order chi connectivity index (χ0) is 15.5. The van der Waals surface area contributed by atoms with Crippen LogP contribution in [0.25, 0.3) is 0 Å². The fraction of sp³-hybridized carbons (Fsp3) is 0.867. The van der Waals surface area contributed by atoms with Gasteiger partial charge in [-0.2, -0.15) is 0 Å². The van der Waals surface area contributed by atoms with Crippen molar-refractivity contribution in [3.63, 3.8) is 0 Å². The molecule has 0 spiro atoms. The van der Waals surface area contributed by atoms with Crippen molar-refractivity contribution in [2.24, 2.45) is 17.3 Å². The summed E-state index contributed by atoms with van der Waals surface area (Å²) in [4.78, 5) is 27.3. The van der Waals surface area contributed by atoms with Crippen LogP contribution in [0.4, 0.5) is 4.79 Å². The smallest absolute Gasteiger partial charge is 0.319 e. The van der Waals surface area contributed by atoms with Crippen molar-refractivity contribution < 1.29 is 14.7 Å². The van der Waals surface area contributed by atoms with E-state index in [1.54, 1.807) is 23.6 Å². The minimum Gasteiger partial charge on any atom is -0.481 e. The van der Waals surface area contributed by atoms with Gasteiger partial charge in [0, 0.05) is 26.7 Å². The Hall–Kier alpha value is -1.26. The topological polar surface area (TPSA) is 60.9 Å². The number of carbonyl (C=O) groups is 2. The molecular weight excluding hydrogens is 256 g/mol. The van der Waals surface area contributed by atoms with Crippen LogP contribution in [0.1, 0.15) is 40.5 Å². The number of carboxylic acid groups (broad SMARTS) is 1. The summed E-state index contributed by atoms with van der Waals surface area (Å²) in [5, 5.41) is 9.33. The van der Waals surface area contributed by atoms with Crippen molar-refractivity contribution in [1.82, 2.24) is 9.80 Å². The van der Waals surface area contributed by atoms with E-state index in [-0.39, 0.29) is 11.9 Å². The Bertz CT molecular complexity index is 366. The van der Waals surface area contributed by atoms with Crippen LogP contribution in [0.15, 0.2) is 0 Å². The summed E-state index contributed by atoms with van der Waals surface area (Å²) in [6.07, 6.45) is 1.75. The zero-order valence-electron chi connectivity index (χ0n) is 13.3. The molecule has 0 saturated carbocycles. The van der Waals surface area contributed by atoms with E-state index >= 15 is 0 Å². The molecule has 20 heavy (non-hydrogen) atoms. The third-order valence-corrected chi connectivity index (χ3v) is 4.23. The van der Waals surface area contributed by atoms with E-state index in [4.69, 9.17) is 0 Å². The lowest BCUT2D eigenvalue weighted by Crippen LogP contribution is -2.50. The fourth-order valence-corrected chi connectivity index (χ4v) is 2.78. The van der Waals surface area contributed by atoms with Crippen molar-refractivity contribution in [2.45, 2.75) is 40.5 Å². The van der Waals surface area contributed by atoms with Gasteiger partial charge in [-0.15, -0.1) is 0 Å². The van der Waals surface area contributed by atoms with Gasteiger partial charge in [-0.1, -0.05) is 13.8 Å². The Balaban J connectivity index is 2.70. The second-order valence-corrected chi connectivity index (χ2v) is 6.87. The van der Waals surface area contributed by atoms with Gasteiger partial charge in [0.15, 0.2) is 0 Å². The third kappa shape index (κ3) is 3.87. The number of aliphatic carboxylic acids is 1. The number of hydrogen-bond donors (Lipinski definition) is 1. The van der Waals surface area contributed by atoms with Gasteiger partial charge in [0.25, 0.3) is 0 Å². The number of nitrogens with zero attached hydrogens (tertiary/aromatic N) is 2. The van der Waals surface area contributed by atoms with Gasteiger partial charge in [0.2, 0.25) is 0 Å². The van der Waals surface area contributed by atoms with Gasteiger partial charge < -0.3 is 14.9 Å². The molecule has 0 aliphatic carbocycles. The first-order chi connectivity index (χ1) is 9.16. The molecule has 1 aliphatic heterocycles. The van der Waals surface area contributed by atoms with Crippen LogP contribution < -0.4 is 0 Å². The standard InChI is InChI=1S/C15H28N2O3/c1-11(2)9-16(5)14(20)17-8-6-7-12(10-17)15(3,4)13(18)19/h11-12H,6-10H2,1-5H3,(H,18,19). The molecule has 5 heteroatoms. The normalized spacial score (nSPS) is 20.1. The Labute approximate surface area is 121 Å². The number of amides is 2. The highest BCUT2D eigenvalue weighted by Crippen LogP contribution is 2.34. The SMILES string of the molecule is CC(C)CN(C)C(=O)N1CCCC(C(C)(C)C(=O)O)C1. The molecular formula is C15H28N2O3. The highest BCUT2D eigenvalue weighted by Gasteiger charge is 2.40. The Kier molecular flexibility index (Phi) is 5.42. The minimum atomic E-state index is -0.785. The molecule has 0 aromatic heterocycles. The maximum absolute atomic E-state index is 12.4. The maximum Gasteiger partial charge on any atom is 0.319 e. The van der Waals surface area contributed by atoms with Gasteiger partial charge in [0.1, 0.15) is 0 Å². The summed E-state index contributed by atoms with van der Waals surface area (Å²) in [7, 11) is 1.81. The molecule has 0 radical (unpaired) electrons. The molecule has 1 N–H and O–H groups in total. The number of urea groups is 1. The predicted octanol–water partition coefficient (Wildman–Crippen LogP) is 2.52. The largest absolute Gasteiger partial charge is 0.481 e. The average molecular weight is 284 g/mol. The summed E-state index contributed by atoms with van der Waals surface area (Å²) < 4.78 is 0. The monoisotopic (exact) mass is 284 g/mol. The highest BCUT2D eigenvalue weighted by atomic mass is 16.4. The number of likely N-dealkylation sites (tertiary alicyclic amines) is 1. The third-order valence-electron chi connectivity index (χ3n) is 4.23. The number of rotatable bonds is 4. The van der Waals surface area contributed by atoms with Gasteiger partial charge in [-0.05, 0) is 38.5 Å². The average Bonchev–Trinajstić information content (AvgIpc) is 2.37. The van der Waals surface area contributed by atoms with Crippen LogP contribution in [0.2, 0.25) is 0 Å². The number of carbonyl (C=O) groups excluding carboxylic acids is 1. The summed E-state index contributed by atoms with van der Waals surface area (Å²) in [5.41, 5.74) is -0.782. The fourth-order valence-electron chi connectivity index (χ4n) is 2.78. The Morgan fingerprint density at radius 3 is 2.50 bits per heavy atom. The van der Waals surface area contributed by atoms with Crippen molar-refractivity contribution in [1.29, 1.82) is 0 Å². The summed E-state index contributed by atoms with van der Waals surface area (Å²) in [6.45, 7) is 9.67. The van der Waals surface area contributed by atoms with Crippen LogP contribution in [-0.4, -0.2) is 53.6 Å². The van der Waals surface area contributed by atoms with Gasteiger partial charge in [-0.3, -0.25) is 4.79 Å². The zero-order valence-corrected chi connectivity index (χ0v) is 13.3. The molecule has 5 nitrogen and oxygen atoms in total. The van der Waals surface area contributed by atoms with E-state index < -0.39 is 11.4 Å². The quantitative estimate of drug-likeness (QED) is 0.863. The molecule has 1 fully saturated rings. The van der Waals surface area contributed by atoms with Crippen molar-refractivity contribution in [3.8, 4) is 0 Å². The number of carboxylic acids is 1. The van der Waals surface area contributed by atoms with Crippen molar-refractivity contribution >= 4 is 12.0 Å². The van der Waals surface area contributed by atoms with E-state index in [2.05, 4.69) is 13.8 Å². The van der Waals surface area contributed by atoms with E-state index in [0.717, 1.165) is 25.9 Å². The molecule has 1 aliphatic rings. The van der Waals surface area contributed by atoms with Crippen molar-refractivity contribution in [2.75, 3.05) is 26.7 Å². The number of piperidine rings is 1. The second kappa shape index (κ2) is 6.46. The molecule has 0 aromatic carbocycles. The van der Waals surface area contributed by atoms with E-state index in [1.807, 2.05) is 7.05 Å². The van der Waals surface area contributed by atoms with Crippen LogP contribution in [0, 0.1) is 17.3 Å². The van der Waals surface area contributed by atoms with Crippen LogP contribution in [-0.2, 0) is 4.79 Å². The summed E-state index contributed by atoms with van der Waals surface area (Å²) in [6, 6.07) is 0.0181. The first-order valence-electron chi connectivity index (χ1n) is 7.39. The van der Waals surface area contributed by atoms with E-state index in [1.165, 1.54) is 0 Å². The molecule has 1 atom stereocenters. The predicted molar refractivity (Wildman–Crippen MR) is 78.6 cm³/mol. The lowest BCUT2D eigenvalue weighted by atomic mass is 9.74. The lowest BCUT2D eigenvalue weighted by molar-refractivity contribution is -0.151. The molecule has 1 heterocycles. The lowest BCUT2D eigenvalue weighted by Gasteiger charge is -2.40. The minimum absolute atomic E-state index is 0.0181. The highest BCUT2D eigenvalue weighted by molar-refractivity contribution is 5.76. The van der Waals surface area contributed by atoms with Crippen LogP contribution >= 0.6 is 0 Å². The van der Waals surface area contributed by atoms with Crippen molar-refractivity contribution in [3.05, 3.63) is 0 Å². The molecule has 1 saturated heterocycles. The molecule has 2 amide bonds. The van der Waals surface area contributed by atoms with Crippen LogP contribution in [0.3, 0.4) is 0 Å². The number of hydrogen-bond acceptors (Lipinski definition) is 2. The maximum atomic E-state index is 12.4. The Morgan fingerprint density at radius 1 is 1.40 bits per heavy atom. The summed E-state index contributed by atoms with van der Waals surface area (Å²) in [5.74, 6) is -0.336. The second-order valence-electron chi connectivity index (χ2n) is 6.87.